The molecule has 0 radical (unpaired) electrons. The number of ketones is 1. The first-order chi connectivity index (χ1) is 16.3. The van der Waals surface area contributed by atoms with Gasteiger partial charge in [-0.05, 0) is 23.8 Å². The molecule has 0 N–H and O–H groups in total. The minimum atomic E-state index is -4.71. The number of halogens is 4. The van der Waals surface area contributed by atoms with E-state index in [0.717, 1.165) is 10.9 Å². The highest BCUT2D eigenvalue weighted by Gasteiger charge is 2.36. The summed E-state index contributed by atoms with van der Waals surface area (Å²) >= 11 is 6.00. The van der Waals surface area contributed by atoms with Gasteiger partial charge < -0.3 is 4.42 Å². The highest BCUT2D eigenvalue weighted by molar-refractivity contribution is 6.29. The normalized spacial score (nSPS) is 11.9. The lowest BCUT2D eigenvalue weighted by molar-refractivity contribution is -0.138. The summed E-state index contributed by atoms with van der Waals surface area (Å²) in [7, 11) is 0. The maximum Gasteiger partial charge on any atom is 0.420 e. The van der Waals surface area contributed by atoms with E-state index in [-0.39, 0.29) is 29.3 Å². The monoisotopic (exact) mass is 487 g/mol. The molecule has 172 valence electrons. The van der Waals surface area contributed by atoms with Gasteiger partial charge in [-0.1, -0.05) is 11.6 Å². The first-order valence-corrected chi connectivity index (χ1v) is 10.2. The van der Waals surface area contributed by atoms with E-state index in [0.29, 0.717) is 22.7 Å². The zero-order chi connectivity index (χ0) is 23.9. The molecule has 5 aromatic rings. The number of fused-ring (bicyclic) bond motifs is 1. The number of alkyl halides is 3. The van der Waals surface area contributed by atoms with E-state index in [1.165, 1.54) is 35.6 Å². The van der Waals surface area contributed by atoms with Crippen molar-refractivity contribution < 1.29 is 22.4 Å². The molecule has 9 nitrogen and oxygen atoms in total. The summed E-state index contributed by atoms with van der Waals surface area (Å²) < 4.78 is 47.8. The van der Waals surface area contributed by atoms with Gasteiger partial charge in [0, 0.05) is 36.9 Å². The van der Waals surface area contributed by atoms with Gasteiger partial charge in [-0.15, -0.1) is 4.80 Å². The minimum absolute atomic E-state index is 0.101. The summed E-state index contributed by atoms with van der Waals surface area (Å²) in [5.74, 6) is -0.391. The third-order valence-electron chi connectivity index (χ3n) is 4.91. The number of hydrogen-bond acceptors (Lipinski definition) is 7. The number of carbonyl (C=O) groups excluding carboxylic acids is 1. The predicted molar refractivity (Wildman–Crippen MR) is 112 cm³/mol. The van der Waals surface area contributed by atoms with Gasteiger partial charge in [0.05, 0.1) is 18.7 Å². The Morgan fingerprint density at radius 1 is 1.09 bits per heavy atom. The summed E-state index contributed by atoms with van der Waals surface area (Å²) in [6, 6.07) is 5.81. The molecule has 0 aromatic carbocycles. The summed E-state index contributed by atoms with van der Waals surface area (Å²) in [6.45, 7) is 0. The van der Waals surface area contributed by atoms with E-state index in [1.54, 1.807) is 18.2 Å². The number of rotatable bonds is 6. The molecule has 0 amide bonds. The number of carbonyl (C=O) groups is 1. The third kappa shape index (κ3) is 4.15. The molecule has 0 aliphatic carbocycles. The fraction of sp³-hybridized carbons (Fsp3) is 0.143. The van der Waals surface area contributed by atoms with Crippen molar-refractivity contribution in [2.75, 3.05) is 0 Å². The lowest BCUT2D eigenvalue weighted by atomic mass is 10.0. The number of hydrogen-bond donors (Lipinski definition) is 0. The van der Waals surface area contributed by atoms with Gasteiger partial charge in [0.1, 0.15) is 17.0 Å². The van der Waals surface area contributed by atoms with Crippen molar-refractivity contribution in [1.29, 1.82) is 0 Å². The molecule has 0 spiro atoms. The van der Waals surface area contributed by atoms with Gasteiger partial charge in [0.15, 0.2) is 22.4 Å². The minimum Gasteiger partial charge on any atom is -0.463 e. The second-order valence-corrected chi connectivity index (χ2v) is 7.66. The lowest BCUT2D eigenvalue weighted by Crippen LogP contribution is -2.16. The van der Waals surface area contributed by atoms with Gasteiger partial charge in [0.2, 0.25) is 0 Å². The van der Waals surface area contributed by atoms with Crippen LogP contribution in [0.4, 0.5) is 13.2 Å². The molecule has 0 aliphatic heterocycles. The summed E-state index contributed by atoms with van der Waals surface area (Å²) in [6.07, 6.45) is 1.54. The molecule has 0 saturated heterocycles. The molecule has 0 saturated carbocycles. The number of pyridine rings is 1. The Morgan fingerprint density at radius 2 is 1.88 bits per heavy atom. The van der Waals surface area contributed by atoms with Crippen molar-refractivity contribution in [2.24, 2.45) is 0 Å². The summed E-state index contributed by atoms with van der Waals surface area (Å²) in [5, 5.41) is 11.8. The Bertz CT molecular complexity index is 1480. The lowest BCUT2D eigenvalue weighted by Gasteiger charge is -2.13. The second-order valence-electron chi connectivity index (χ2n) is 7.27. The van der Waals surface area contributed by atoms with Crippen LogP contribution in [0, 0.1) is 0 Å². The van der Waals surface area contributed by atoms with Crippen LogP contribution < -0.4 is 0 Å². The first kappa shape index (κ1) is 21.8. The number of nitrogens with zero attached hydrogens (tertiary/aromatic N) is 7. The van der Waals surface area contributed by atoms with E-state index in [1.807, 2.05) is 0 Å². The fourth-order valence-corrected chi connectivity index (χ4v) is 3.71. The van der Waals surface area contributed by atoms with Crippen LogP contribution >= 0.6 is 11.6 Å². The molecule has 5 heterocycles. The highest BCUT2D eigenvalue weighted by Crippen LogP contribution is 2.33. The zero-order valence-corrected chi connectivity index (χ0v) is 17.8. The van der Waals surface area contributed by atoms with E-state index in [9.17, 15) is 18.0 Å². The van der Waals surface area contributed by atoms with Crippen molar-refractivity contribution in [1.82, 2.24) is 34.6 Å². The van der Waals surface area contributed by atoms with Crippen LogP contribution in [0.2, 0.25) is 5.15 Å². The Hall–Kier alpha value is -4.06. The van der Waals surface area contributed by atoms with Gasteiger partial charge in [-0.25, -0.2) is 14.5 Å². The Labute approximate surface area is 193 Å². The highest BCUT2D eigenvalue weighted by atomic mass is 35.5. The maximum atomic E-state index is 13.6. The largest absolute Gasteiger partial charge is 0.463 e. The van der Waals surface area contributed by atoms with Crippen LogP contribution in [0.3, 0.4) is 0 Å². The number of furan rings is 1. The van der Waals surface area contributed by atoms with Crippen LogP contribution in [0.5, 0.6) is 0 Å². The quantitative estimate of drug-likeness (QED) is 0.356. The van der Waals surface area contributed by atoms with Crippen molar-refractivity contribution in [3.8, 4) is 17.3 Å². The third-order valence-corrected chi connectivity index (χ3v) is 5.09. The van der Waals surface area contributed by atoms with E-state index >= 15 is 0 Å². The van der Waals surface area contributed by atoms with Crippen LogP contribution in [0.15, 0.2) is 59.7 Å². The van der Waals surface area contributed by atoms with Crippen LogP contribution in [-0.4, -0.2) is 40.4 Å². The smallest absolute Gasteiger partial charge is 0.420 e. The zero-order valence-electron chi connectivity index (χ0n) is 17.1. The van der Waals surface area contributed by atoms with Crippen molar-refractivity contribution in [3.05, 3.63) is 77.2 Å². The van der Waals surface area contributed by atoms with Gasteiger partial charge in [0.25, 0.3) is 0 Å². The Balaban J connectivity index is 1.46. The van der Waals surface area contributed by atoms with Crippen LogP contribution in [0.1, 0.15) is 16.7 Å². The van der Waals surface area contributed by atoms with Crippen molar-refractivity contribution in [2.45, 2.75) is 19.0 Å². The summed E-state index contributed by atoms with van der Waals surface area (Å²) in [5.41, 5.74) is 0.468. The number of Topliss-reactive ketones (excluding diaryl/α,β-unsaturated/α-hetero) is 1. The SMILES string of the molecule is O=C(Cc1cnc(-n2nccn2)c(C(F)(F)F)c1)Cc1cnc2cc(Cl)nn2c1-c1ccco1. The second kappa shape index (κ2) is 8.37. The molecule has 5 aromatic heterocycles. The average Bonchev–Trinajstić information content (AvgIpc) is 3.54. The van der Waals surface area contributed by atoms with Gasteiger partial charge in [-0.2, -0.15) is 28.5 Å². The molecule has 0 atom stereocenters. The topological polar surface area (TPSA) is 104 Å². The Kier molecular flexibility index (Phi) is 5.36. The fourth-order valence-electron chi connectivity index (χ4n) is 3.54. The molecule has 0 fully saturated rings. The van der Waals surface area contributed by atoms with Crippen molar-refractivity contribution in [3.63, 3.8) is 0 Å². The average molecular weight is 488 g/mol. The molecule has 0 unspecified atom stereocenters. The molecule has 13 heteroatoms. The first-order valence-electron chi connectivity index (χ1n) is 9.81. The standard InChI is InChI=1S/C21H13ClF3N7O2/c22-17-9-18-26-11-13(19(31(18)30-17)16-2-1-5-34-16)8-14(33)6-12-7-15(21(23,24)25)20(27-10-12)32-28-3-4-29-32/h1-5,7,9-11H,6,8H2. The van der Waals surface area contributed by atoms with Gasteiger partial charge >= 0.3 is 6.18 Å². The van der Waals surface area contributed by atoms with E-state index in [4.69, 9.17) is 16.0 Å². The van der Waals surface area contributed by atoms with Crippen LogP contribution in [-0.2, 0) is 23.8 Å². The van der Waals surface area contributed by atoms with E-state index < -0.39 is 17.6 Å². The molecule has 0 bridgehead atoms. The number of aromatic nitrogens is 7. The van der Waals surface area contributed by atoms with Gasteiger partial charge in [-0.3, -0.25) is 4.79 Å². The molecular weight excluding hydrogens is 475 g/mol. The molecule has 34 heavy (non-hydrogen) atoms. The Morgan fingerprint density at radius 3 is 2.59 bits per heavy atom. The predicted octanol–water partition coefficient (Wildman–Crippen LogP) is 3.99. The maximum absolute atomic E-state index is 13.6. The summed E-state index contributed by atoms with van der Waals surface area (Å²) in [4.78, 5) is 21.8. The van der Waals surface area contributed by atoms with E-state index in [2.05, 4.69) is 25.3 Å². The molecule has 5 rings (SSSR count). The van der Waals surface area contributed by atoms with Crippen LogP contribution in [0.25, 0.3) is 22.9 Å². The van der Waals surface area contributed by atoms with Crippen molar-refractivity contribution >= 4 is 23.0 Å². The molecule has 0 aliphatic rings. The molecular formula is C21H13ClF3N7O2.